The summed E-state index contributed by atoms with van der Waals surface area (Å²) < 4.78 is 0. The number of aromatic nitrogens is 2. The van der Waals surface area contributed by atoms with Crippen LogP contribution in [-0.4, -0.2) is 53.5 Å². The number of carbonyl (C=O) groups excluding carboxylic acids is 1. The van der Waals surface area contributed by atoms with Gasteiger partial charge in [0, 0.05) is 49.5 Å². The number of benzene rings is 1. The fourth-order valence-electron chi connectivity index (χ4n) is 3.24. The molecule has 6 nitrogen and oxygen atoms in total. The maximum atomic E-state index is 12.4. The molecule has 1 fully saturated rings. The van der Waals surface area contributed by atoms with Crippen LogP contribution in [0.2, 0.25) is 0 Å². The summed E-state index contributed by atoms with van der Waals surface area (Å²) in [7, 11) is 0. The van der Waals surface area contributed by atoms with Crippen molar-refractivity contribution < 1.29 is 4.79 Å². The average Bonchev–Trinajstić information content (AvgIpc) is 2.63. The van der Waals surface area contributed by atoms with Gasteiger partial charge in [-0.2, -0.15) is 0 Å². The number of carbonyl (C=O) groups is 1. The molecule has 1 amide bonds. The van der Waals surface area contributed by atoms with E-state index in [0.29, 0.717) is 12.5 Å². The third kappa shape index (κ3) is 5.04. The molecule has 1 aromatic carbocycles. The lowest BCUT2D eigenvalue weighted by Gasteiger charge is -2.35. The zero-order valence-electron chi connectivity index (χ0n) is 16.7. The van der Waals surface area contributed by atoms with Crippen LogP contribution in [0.3, 0.4) is 0 Å². The number of anilines is 2. The second-order valence-electron chi connectivity index (χ2n) is 7.51. The Balaban J connectivity index is 1.55. The molecule has 1 aliphatic rings. The van der Waals surface area contributed by atoms with Gasteiger partial charge < -0.3 is 10.2 Å². The van der Waals surface area contributed by atoms with Gasteiger partial charge in [-0.25, -0.2) is 9.97 Å². The molecule has 27 heavy (non-hydrogen) atoms. The molecule has 0 spiro atoms. The number of aryl methyl sites for hydroxylation is 2. The molecule has 1 aliphatic heterocycles. The summed E-state index contributed by atoms with van der Waals surface area (Å²) in [4.78, 5) is 26.1. The molecule has 2 aromatic rings. The van der Waals surface area contributed by atoms with E-state index in [9.17, 15) is 4.79 Å². The average molecular weight is 367 g/mol. The Labute approximate surface area is 161 Å². The highest BCUT2D eigenvalue weighted by molar-refractivity contribution is 5.92. The number of piperazine rings is 1. The highest BCUT2D eigenvalue weighted by Gasteiger charge is 2.21. The van der Waals surface area contributed by atoms with Gasteiger partial charge in [0.1, 0.15) is 11.6 Å². The van der Waals surface area contributed by atoms with Crippen molar-refractivity contribution in [1.82, 2.24) is 14.9 Å². The van der Waals surface area contributed by atoms with Crippen LogP contribution < -0.4 is 10.2 Å². The zero-order chi connectivity index (χ0) is 19.4. The van der Waals surface area contributed by atoms with E-state index in [1.165, 1.54) is 0 Å². The predicted molar refractivity (Wildman–Crippen MR) is 109 cm³/mol. The van der Waals surface area contributed by atoms with Gasteiger partial charge in [-0.3, -0.25) is 9.69 Å². The molecule has 6 heteroatoms. The van der Waals surface area contributed by atoms with Gasteiger partial charge >= 0.3 is 0 Å². The van der Waals surface area contributed by atoms with Crippen molar-refractivity contribution in [2.75, 3.05) is 42.9 Å². The zero-order valence-corrected chi connectivity index (χ0v) is 16.7. The SMILES string of the molecule is Cc1cc(N2CCN(CC(=O)Nc3ccccc3C)CC2)nc(C(C)C)n1. The van der Waals surface area contributed by atoms with Crippen molar-refractivity contribution in [1.29, 1.82) is 0 Å². The summed E-state index contributed by atoms with van der Waals surface area (Å²) in [6.45, 7) is 12.1. The second kappa shape index (κ2) is 8.48. The quantitative estimate of drug-likeness (QED) is 0.880. The van der Waals surface area contributed by atoms with Gasteiger partial charge in [0.25, 0.3) is 0 Å². The number of nitrogens with one attached hydrogen (secondary N) is 1. The molecule has 0 radical (unpaired) electrons. The number of rotatable bonds is 5. The van der Waals surface area contributed by atoms with E-state index in [-0.39, 0.29) is 5.91 Å². The third-order valence-corrected chi connectivity index (χ3v) is 4.86. The van der Waals surface area contributed by atoms with Gasteiger partial charge in [0.15, 0.2) is 0 Å². The molecule has 1 aromatic heterocycles. The smallest absolute Gasteiger partial charge is 0.238 e. The molecule has 0 atom stereocenters. The summed E-state index contributed by atoms with van der Waals surface area (Å²) in [5, 5.41) is 3.01. The van der Waals surface area contributed by atoms with Crippen LogP contribution in [0.4, 0.5) is 11.5 Å². The van der Waals surface area contributed by atoms with Crippen molar-refractivity contribution in [3.8, 4) is 0 Å². The number of hydrogen-bond donors (Lipinski definition) is 1. The van der Waals surface area contributed by atoms with Gasteiger partial charge in [-0.05, 0) is 25.5 Å². The molecular formula is C21H29N5O. The minimum Gasteiger partial charge on any atom is -0.354 e. The first-order chi connectivity index (χ1) is 12.9. The van der Waals surface area contributed by atoms with Crippen molar-refractivity contribution in [3.63, 3.8) is 0 Å². The molecule has 2 heterocycles. The molecule has 3 rings (SSSR count). The van der Waals surface area contributed by atoms with Gasteiger partial charge in [0.05, 0.1) is 6.54 Å². The number of nitrogens with zero attached hydrogens (tertiary/aromatic N) is 4. The summed E-state index contributed by atoms with van der Waals surface area (Å²) >= 11 is 0. The molecular weight excluding hydrogens is 338 g/mol. The fourth-order valence-corrected chi connectivity index (χ4v) is 3.24. The minimum atomic E-state index is 0.0396. The Hall–Kier alpha value is -2.47. The summed E-state index contributed by atoms with van der Waals surface area (Å²) in [5.41, 5.74) is 2.97. The first kappa shape index (κ1) is 19.3. The molecule has 1 saturated heterocycles. The lowest BCUT2D eigenvalue weighted by atomic mass is 10.2. The molecule has 144 valence electrons. The fraction of sp³-hybridized carbons (Fsp3) is 0.476. The number of amides is 1. The first-order valence-corrected chi connectivity index (χ1v) is 9.60. The maximum Gasteiger partial charge on any atom is 0.238 e. The van der Waals surface area contributed by atoms with E-state index in [1.54, 1.807) is 0 Å². The van der Waals surface area contributed by atoms with Crippen LogP contribution >= 0.6 is 0 Å². The van der Waals surface area contributed by atoms with Gasteiger partial charge in [-0.1, -0.05) is 32.0 Å². The molecule has 0 aliphatic carbocycles. The van der Waals surface area contributed by atoms with Crippen LogP contribution in [0.15, 0.2) is 30.3 Å². The van der Waals surface area contributed by atoms with Gasteiger partial charge in [-0.15, -0.1) is 0 Å². The Morgan fingerprint density at radius 1 is 1.11 bits per heavy atom. The highest BCUT2D eigenvalue weighted by Crippen LogP contribution is 2.19. The summed E-state index contributed by atoms with van der Waals surface area (Å²) in [5.74, 6) is 2.24. The minimum absolute atomic E-state index is 0.0396. The topological polar surface area (TPSA) is 61.4 Å². The predicted octanol–water partition coefficient (Wildman–Crippen LogP) is 2.98. The Kier molecular flexibility index (Phi) is 6.06. The standard InChI is InChI=1S/C21H29N5O/c1-15(2)21-22-17(4)13-19(24-21)26-11-9-25(10-12-26)14-20(27)23-18-8-6-5-7-16(18)3/h5-8,13,15H,9-12,14H2,1-4H3,(H,23,27). The Bertz CT molecular complexity index is 797. The lowest BCUT2D eigenvalue weighted by Crippen LogP contribution is -2.49. The van der Waals surface area contributed by atoms with Crippen LogP contribution in [0.5, 0.6) is 0 Å². The first-order valence-electron chi connectivity index (χ1n) is 9.60. The van der Waals surface area contributed by atoms with Crippen LogP contribution in [0.25, 0.3) is 0 Å². The summed E-state index contributed by atoms with van der Waals surface area (Å²) in [6, 6.07) is 9.91. The van der Waals surface area contributed by atoms with E-state index < -0.39 is 0 Å². The number of para-hydroxylation sites is 1. The highest BCUT2D eigenvalue weighted by atomic mass is 16.2. The van der Waals surface area contributed by atoms with Crippen molar-refractivity contribution >= 4 is 17.4 Å². The second-order valence-corrected chi connectivity index (χ2v) is 7.51. The monoisotopic (exact) mass is 367 g/mol. The van der Waals surface area contributed by atoms with E-state index in [4.69, 9.17) is 4.98 Å². The number of hydrogen-bond acceptors (Lipinski definition) is 5. The van der Waals surface area contributed by atoms with E-state index in [2.05, 4.69) is 33.9 Å². The lowest BCUT2D eigenvalue weighted by molar-refractivity contribution is -0.117. The largest absolute Gasteiger partial charge is 0.354 e. The third-order valence-electron chi connectivity index (χ3n) is 4.86. The van der Waals surface area contributed by atoms with Crippen LogP contribution in [0, 0.1) is 13.8 Å². The maximum absolute atomic E-state index is 12.4. The molecule has 0 saturated carbocycles. The van der Waals surface area contributed by atoms with Crippen LogP contribution in [-0.2, 0) is 4.79 Å². The Morgan fingerprint density at radius 3 is 2.48 bits per heavy atom. The molecule has 1 N–H and O–H groups in total. The Morgan fingerprint density at radius 2 is 1.81 bits per heavy atom. The van der Waals surface area contributed by atoms with E-state index in [1.807, 2.05) is 44.2 Å². The van der Waals surface area contributed by atoms with Crippen molar-refractivity contribution in [3.05, 3.63) is 47.4 Å². The van der Waals surface area contributed by atoms with Crippen molar-refractivity contribution in [2.45, 2.75) is 33.6 Å². The molecule has 0 unspecified atom stereocenters. The van der Waals surface area contributed by atoms with E-state index in [0.717, 1.165) is 54.8 Å². The van der Waals surface area contributed by atoms with Crippen LogP contribution in [0.1, 0.15) is 36.8 Å². The van der Waals surface area contributed by atoms with Gasteiger partial charge in [0.2, 0.25) is 5.91 Å². The molecule has 0 bridgehead atoms. The van der Waals surface area contributed by atoms with E-state index >= 15 is 0 Å². The normalized spacial score (nSPS) is 15.2. The van der Waals surface area contributed by atoms with Crippen molar-refractivity contribution in [2.24, 2.45) is 0 Å². The summed E-state index contributed by atoms with van der Waals surface area (Å²) in [6.07, 6.45) is 0.